The molecule has 0 aliphatic heterocycles. The largest absolute Gasteiger partial charge is 0.495 e. The van der Waals surface area contributed by atoms with E-state index in [9.17, 15) is 0 Å². The van der Waals surface area contributed by atoms with E-state index in [0.29, 0.717) is 0 Å². The van der Waals surface area contributed by atoms with Crippen LogP contribution in [0.15, 0.2) is 48.8 Å². The van der Waals surface area contributed by atoms with Crippen LogP contribution in [0.4, 0.5) is 0 Å². The standard InChI is InChI=1S/C18H24N2O/c1-5-20-17(14-11-16(21-4)13-19-12-14)18(2,3)15-9-7-6-8-10-15/h6-13,17,20H,5H2,1-4H3. The molecule has 1 unspecified atom stereocenters. The highest BCUT2D eigenvalue weighted by molar-refractivity contribution is 5.33. The molecule has 21 heavy (non-hydrogen) atoms. The molecular weight excluding hydrogens is 260 g/mol. The summed E-state index contributed by atoms with van der Waals surface area (Å²) < 4.78 is 5.31. The molecule has 112 valence electrons. The monoisotopic (exact) mass is 284 g/mol. The Hall–Kier alpha value is -1.87. The maximum Gasteiger partial charge on any atom is 0.137 e. The van der Waals surface area contributed by atoms with Gasteiger partial charge in [-0.25, -0.2) is 0 Å². The van der Waals surface area contributed by atoms with Gasteiger partial charge in [0.05, 0.1) is 13.3 Å². The predicted octanol–water partition coefficient (Wildman–Crippen LogP) is 3.72. The van der Waals surface area contributed by atoms with Gasteiger partial charge in [0, 0.05) is 17.7 Å². The molecule has 3 heteroatoms. The molecule has 2 rings (SSSR count). The summed E-state index contributed by atoms with van der Waals surface area (Å²) in [6.07, 6.45) is 3.66. The fourth-order valence-electron chi connectivity index (χ4n) is 2.73. The number of benzene rings is 1. The number of rotatable bonds is 6. The van der Waals surface area contributed by atoms with E-state index in [4.69, 9.17) is 4.74 Å². The zero-order valence-corrected chi connectivity index (χ0v) is 13.3. The SMILES string of the molecule is CCNC(c1cncc(OC)c1)C(C)(C)c1ccccc1. The smallest absolute Gasteiger partial charge is 0.137 e. The Morgan fingerprint density at radius 2 is 1.90 bits per heavy atom. The Kier molecular flexibility index (Phi) is 4.97. The number of nitrogens with one attached hydrogen (secondary N) is 1. The van der Waals surface area contributed by atoms with Crippen molar-refractivity contribution in [3.8, 4) is 5.75 Å². The Morgan fingerprint density at radius 3 is 2.52 bits per heavy atom. The average molecular weight is 284 g/mol. The van der Waals surface area contributed by atoms with Crippen molar-refractivity contribution in [2.75, 3.05) is 13.7 Å². The van der Waals surface area contributed by atoms with Crippen molar-refractivity contribution in [3.63, 3.8) is 0 Å². The van der Waals surface area contributed by atoms with Gasteiger partial charge in [0.15, 0.2) is 0 Å². The van der Waals surface area contributed by atoms with Crippen LogP contribution in [-0.2, 0) is 5.41 Å². The topological polar surface area (TPSA) is 34.2 Å². The molecule has 0 bridgehead atoms. The minimum atomic E-state index is -0.0503. The molecule has 2 aromatic rings. The van der Waals surface area contributed by atoms with Gasteiger partial charge in [0.2, 0.25) is 0 Å². The van der Waals surface area contributed by atoms with Crippen LogP contribution in [0, 0.1) is 0 Å². The summed E-state index contributed by atoms with van der Waals surface area (Å²) in [5.74, 6) is 0.791. The number of hydrogen-bond acceptors (Lipinski definition) is 3. The molecule has 0 saturated carbocycles. The normalized spacial score (nSPS) is 13.0. The van der Waals surface area contributed by atoms with E-state index in [1.165, 1.54) is 5.56 Å². The van der Waals surface area contributed by atoms with Crippen molar-refractivity contribution in [1.29, 1.82) is 0 Å². The fourth-order valence-corrected chi connectivity index (χ4v) is 2.73. The lowest BCUT2D eigenvalue weighted by Crippen LogP contribution is -2.37. The molecular formula is C18H24N2O. The van der Waals surface area contributed by atoms with Gasteiger partial charge in [-0.05, 0) is 23.7 Å². The van der Waals surface area contributed by atoms with Crippen LogP contribution in [0.25, 0.3) is 0 Å². The van der Waals surface area contributed by atoms with Gasteiger partial charge in [-0.15, -0.1) is 0 Å². The van der Waals surface area contributed by atoms with Crippen molar-refractivity contribution < 1.29 is 4.74 Å². The Balaban J connectivity index is 2.42. The first-order valence-corrected chi connectivity index (χ1v) is 7.37. The minimum absolute atomic E-state index is 0.0503. The number of methoxy groups -OCH3 is 1. The van der Waals surface area contributed by atoms with E-state index in [1.54, 1.807) is 13.3 Å². The lowest BCUT2D eigenvalue weighted by Gasteiger charge is -2.36. The summed E-state index contributed by atoms with van der Waals surface area (Å²) in [5.41, 5.74) is 2.40. The number of ether oxygens (including phenoxy) is 1. The van der Waals surface area contributed by atoms with E-state index in [1.807, 2.05) is 6.20 Å². The molecule has 1 heterocycles. The molecule has 1 aromatic heterocycles. The third kappa shape index (κ3) is 3.42. The van der Waals surface area contributed by atoms with Gasteiger partial charge < -0.3 is 10.1 Å². The molecule has 0 aliphatic carbocycles. The molecule has 0 spiro atoms. The Morgan fingerprint density at radius 1 is 1.19 bits per heavy atom. The second-order valence-corrected chi connectivity index (χ2v) is 5.74. The van der Waals surface area contributed by atoms with Crippen molar-refractivity contribution in [2.45, 2.75) is 32.2 Å². The van der Waals surface area contributed by atoms with E-state index in [0.717, 1.165) is 17.9 Å². The van der Waals surface area contributed by atoms with Crippen LogP contribution in [0.5, 0.6) is 5.75 Å². The highest BCUT2D eigenvalue weighted by Gasteiger charge is 2.32. The lowest BCUT2D eigenvalue weighted by molar-refractivity contribution is 0.350. The van der Waals surface area contributed by atoms with Crippen molar-refractivity contribution in [3.05, 3.63) is 59.9 Å². The maximum absolute atomic E-state index is 5.31. The predicted molar refractivity (Wildman–Crippen MR) is 86.7 cm³/mol. The summed E-state index contributed by atoms with van der Waals surface area (Å²) in [4.78, 5) is 4.30. The van der Waals surface area contributed by atoms with Gasteiger partial charge >= 0.3 is 0 Å². The van der Waals surface area contributed by atoms with Gasteiger partial charge in [0.1, 0.15) is 5.75 Å². The highest BCUT2D eigenvalue weighted by Crippen LogP contribution is 2.37. The first-order valence-electron chi connectivity index (χ1n) is 7.37. The number of nitrogens with zero attached hydrogens (tertiary/aromatic N) is 1. The third-order valence-electron chi connectivity index (χ3n) is 3.95. The average Bonchev–Trinajstić information content (AvgIpc) is 2.53. The Labute approximate surface area is 127 Å². The molecule has 3 nitrogen and oxygen atoms in total. The summed E-state index contributed by atoms with van der Waals surface area (Å²) in [6.45, 7) is 7.55. The van der Waals surface area contributed by atoms with Crippen LogP contribution >= 0.6 is 0 Å². The molecule has 1 aromatic carbocycles. The van der Waals surface area contributed by atoms with E-state index in [-0.39, 0.29) is 11.5 Å². The maximum atomic E-state index is 5.31. The van der Waals surface area contributed by atoms with Crippen LogP contribution in [0.3, 0.4) is 0 Å². The first kappa shape index (κ1) is 15.5. The van der Waals surface area contributed by atoms with Gasteiger partial charge in [-0.1, -0.05) is 51.1 Å². The van der Waals surface area contributed by atoms with Crippen LogP contribution < -0.4 is 10.1 Å². The number of pyridine rings is 1. The molecule has 1 atom stereocenters. The lowest BCUT2D eigenvalue weighted by atomic mass is 9.75. The molecule has 0 fully saturated rings. The van der Waals surface area contributed by atoms with E-state index < -0.39 is 0 Å². The number of hydrogen-bond donors (Lipinski definition) is 1. The van der Waals surface area contributed by atoms with Gasteiger partial charge in [-0.3, -0.25) is 4.98 Å². The summed E-state index contributed by atoms with van der Waals surface area (Å²) in [7, 11) is 1.67. The number of aromatic nitrogens is 1. The quantitative estimate of drug-likeness (QED) is 0.878. The van der Waals surface area contributed by atoms with Crippen LogP contribution in [-0.4, -0.2) is 18.6 Å². The van der Waals surface area contributed by atoms with Gasteiger partial charge in [-0.2, -0.15) is 0 Å². The third-order valence-corrected chi connectivity index (χ3v) is 3.95. The molecule has 0 saturated heterocycles. The summed E-state index contributed by atoms with van der Waals surface area (Å²) in [5, 5.41) is 3.59. The fraction of sp³-hybridized carbons (Fsp3) is 0.389. The zero-order chi connectivity index (χ0) is 15.3. The molecule has 1 N–H and O–H groups in total. The second-order valence-electron chi connectivity index (χ2n) is 5.74. The van der Waals surface area contributed by atoms with Gasteiger partial charge in [0.25, 0.3) is 0 Å². The van der Waals surface area contributed by atoms with E-state index in [2.05, 4.69) is 67.5 Å². The first-order chi connectivity index (χ1) is 10.1. The molecule has 0 amide bonds. The number of likely N-dealkylation sites (N-methyl/N-ethyl adjacent to an activating group) is 1. The zero-order valence-electron chi connectivity index (χ0n) is 13.3. The van der Waals surface area contributed by atoms with Crippen LogP contribution in [0.1, 0.15) is 37.9 Å². The van der Waals surface area contributed by atoms with Crippen LogP contribution in [0.2, 0.25) is 0 Å². The van der Waals surface area contributed by atoms with E-state index >= 15 is 0 Å². The Bertz CT molecular complexity index is 566. The highest BCUT2D eigenvalue weighted by atomic mass is 16.5. The second kappa shape index (κ2) is 6.72. The molecule has 0 radical (unpaired) electrons. The molecule has 0 aliphatic rings. The van der Waals surface area contributed by atoms with Crippen molar-refractivity contribution in [2.24, 2.45) is 0 Å². The summed E-state index contributed by atoms with van der Waals surface area (Å²) >= 11 is 0. The van der Waals surface area contributed by atoms with Crippen molar-refractivity contribution >= 4 is 0 Å². The minimum Gasteiger partial charge on any atom is -0.495 e. The van der Waals surface area contributed by atoms with Crippen molar-refractivity contribution in [1.82, 2.24) is 10.3 Å². The summed E-state index contributed by atoms with van der Waals surface area (Å²) in [6, 6.07) is 12.8.